The third-order valence-corrected chi connectivity index (χ3v) is 3.55. The quantitative estimate of drug-likeness (QED) is 0.732. The summed E-state index contributed by atoms with van der Waals surface area (Å²) < 4.78 is 59.7. The molecule has 0 aromatic heterocycles. The summed E-state index contributed by atoms with van der Waals surface area (Å²) >= 11 is 2.73. The maximum atomic E-state index is 12.6. The SMILES string of the molecule is N#Cc1c(C(F)(F)F)cc(Br)cc1S(=O)(=O)Cl. The Kier molecular flexibility index (Phi) is 3.76. The van der Waals surface area contributed by atoms with Gasteiger partial charge < -0.3 is 0 Å². The van der Waals surface area contributed by atoms with Crippen LogP contribution in [0.15, 0.2) is 21.5 Å². The van der Waals surface area contributed by atoms with Crippen LogP contribution in [0.4, 0.5) is 13.2 Å². The number of rotatable bonds is 1. The third kappa shape index (κ3) is 3.12. The van der Waals surface area contributed by atoms with Crippen molar-refractivity contribution < 1.29 is 21.6 Å². The Balaban J connectivity index is 3.79. The molecule has 0 N–H and O–H groups in total. The number of nitriles is 1. The normalized spacial score (nSPS) is 12.2. The van der Waals surface area contributed by atoms with Crippen LogP contribution in [0.5, 0.6) is 0 Å². The van der Waals surface area contributed by atoms with Crippen LogP contribution in [0.3, 0.4) is 0 Å². The molecule has 0 amide bonds. The van der Waals surface area contributed by atoms with Crippen LogP contribution in [0.1, 0.15) is 11.1 Å². The van der Waals surface area contributed by atoms with Crippen molar-refractivity contribution in [3.05, 3.63) is 27.7 Å². The van der Waals surface area contributed by atoms with E-state index in [1.54, 1.807) is 0 Å². The zero-order chi connectivity index (χ0) is 13.4. The smallest absolute Gasteiger partial charge is 0.207 e. The van der Waals surface area contributed by atoms with Crippen molar-refractivity contribution in [2.75, 3.05) is 0 Å². The zero-order valence-corrected chi connectivity index (χ0v) is 10.9. The summed E-state index contributed by atoms with van der Waals surface area (Å²) in [6, 6.07) is 2.66. The molecule has 1 aromatic rings. The highest BCUT2D eigenvalue weighted by Gasteiger charge is 2.36. The van der Waals surface area contributed by atoms with Crippen molar-refractivity contribution in [1.29, 1.82) is 5.26 Å². The largest absolute Gasteiger partial charge is 0.417 e. The Hall–Kier alpha value is -0.780. The van der Waals surface area contributed by atoms with Crippen LogP contribution in [-0.4, -0.2) is 8.42 Å². The monoisotopic (exact) mass is 347 g/mol. The van der Waals surface area contributed by atoms with Crippen LogP contribution in [0.25, 0.3) is 0 Å². The van der Waals surface area contributed by atoms with Gasteiger partial charge in [0.05, 0.1) is 11.1 Å². The molecule has 1 rings (SSSR count). The lowest BCUT2D eigenvalue weighted by atomic mass is 10.1. The predicted octanol–water partition coefficient (Wildman–Crippen LogP) is 3.27. The van der Waals surface area contributed by atoms with Crippen LogP contribution in [0.2, 0.25) is 0 Å². The van der Waals surface area contributed by atoms with Crippen LogP contribution < -0.4 is 0 Å². The fourth-order valence-corrected chi connectivity index (χ4v) is 2.75. The first-order valence-corrected chi connectivity index (χ1v) is 6.93. The van der Waals surface area contributed by atoms with Crippen LogP contribution >= 0.6 is 26.6 Å². The van der Waals surface area contributed by atoms with Gasteiger partial charge >= 0.3 is 6.18 Å². The highest BCUT2D eigenvalue weighted by molar-refractivity contribution is 9.10. The van der Waals surface area contributed by atoms with E-state index in [9.17, 15) is 21.6 Å². The molecule has 0 aliphatic carbocycles. The van der Waals surface area contributed by atoms with E-state index in [4.69, 9.17) is 15.9 Å². The molecule has 0 spiro atoms. The van der Waals surface area contributed by atoms with E-state index in [1.165, 1.54) is 6.07 Å². The molecule has 0 aliphatic rings. The van der Waals surface area contributed by atoms with E-state index < -0.39 is 31.2 Å². The summed E-state index contributed by atoms with van der Waals surface area (Å²) in [5, 5.41) is 8.63. The van der Waals surface area contributed by atoms with Gasteiger partial charge in [-0.3, -0.25) is 0 Å². The fourth-order valence-electron chi connectivity index (χ4n) is 1.11. The number of alkyl halides is 3. The van der Waals surface area contributed by atoms with E-state index in [0.29, 0.717) is 6.07 Å². The Labute approximate surface area is 107 Å². The highest BCUT2D eigenvalue weighted by Crippen LogP contribution is 2.37. The summed E-state index contributed by atoms with van der Waals surface area (Å²) in [5.41, 5.74) is -2.37. The minimum atomic E-state index is -4.84. The van der Waals surface area contributed by atoms with Gasteiger partial charge in [-0.25, -0.2) is 8.42 Å². The standard InChI is InChI=1S/C8H2BrClF3NO2S/c9-4-1-6(8(11,12)13)5(3-14)7(2-4)17(10,15)16/h1-2H. The fraction of sp³-hybridized carbons (Fsp3) is 0.125. The van der Waals surface area contributed by atoms with Crippen LogP contribution in [0, 0.1) is 11.3 Å². The Morgan fingerprint density at radius 1 is 1.35 bits per heavy atom. The molecule has 0 aliphatic heterocycles. The molecule has 92 valence electrons. The molecule has 0 radical (unpaired) electrons. The summed E-state index contributed by atoms with van der Waals surface area (Å²) in [5.74, 6) is 0. The predicted molar refractivity (Wildman–Crippen MR) is 56.9 cm³/mol. The molecule has 0 fully saturated rings. The summed E-state index contributed by atoms with van der Waals surface area (Å²) in [4.78, 5) is -0.872. The lowest BCUT2D eigenvalue weighted by Crippen LogP contribution is -2.10. The topological polar surface area (TPSA) is 57.9 Å². The average molecular weight is 349 g/mol. The van der Waals surface area contributed by atoms with Gasteiger partial charge in [0.25, 0.3) is 9.05 Å². The molecule has 0 atom stereocenters. The van der Waals surface area contributed by atoms with Crippen molar-refractivity contribution in [1.82, 2.24) is 0 Å². The van der Waals surface area contributed by atoms with Gasteiger partial charge in [0.1, 0.15) is 11.0 Å². The number of halogens is 5. The molecule has 0 bridgehead atoms. The molecular formula is C8H2BrClF3NO2S. The second-order valence-corrected chi connectivity index (χ2v) is 6.32. The van der Waals surface area contributed by atoms with Gasteiger partial charge in [-0.15, -0.1) is 0 Å². The first-order valence-electron chi connectivity index (χ1n) is 3.83. The van der Waals surface area contributed by atoms with Gasteiger partial charge in [0, 0.05) is 15.2 Å². The van der Waals surface area contributed by atoms with E-state index in [0.717, 1.165) is 6.07 Å². The summed E-state index contributed by atoms with van der Waals surface area (Å²) in [6.07, 6.45) is -4.84. The van der Waals surface area contributed by atoms with E-state index in [2.05, 4.69) is 15.9 Å². The van der Waals surface area contributed by atoms with Gasteiger partial charge in [0.15, 0.2) is 0 Å². The van der Waals surface area contributed by atoms with Gasteiger partial charge in [-0.2, -0.15) is 18.4 Å². The van der Waals surface area contributed by atoms with Crippen LogP contribution in [-0.2, 0) is 15.2 Å². The van der Waals surface area contributed by atoms with Crippen molar-refractivity contribution in [3.8, 4) is 6.07 Å². The molecule has 0 saturated heterocycles. The number of hydrogen-bond acceptors (Lipinski definition) is 3. The van der Waals surface area contributed by atoms with Crippen molar-refractivity contribution in [3.63, 3.8) is 0 Å². The lowest BCUT2D eigenvalue weighted by molar-refractivity contribution is -0.138. The zero-order valence-electron chi connectivity index (χ0n) is 7.72. The molecule has 0 heterocycles. The minimum absolute atomic E-state index is 0.136. The Bertz CT molecular complexity index is 606. The maximum absolute atomic E-state index is 12.6. The van der Waals surface area contributed by atoms with Gasteiger partial charge in [0.2, 0.25) is 0 Å². The number of benzene rings is 1. The minimum Gasteiger partial charge on any atom is -0.207 e. The molecule has 9 heteroatoms. The average Bonchev–Trinajstić information content (AvgIpc) is 2.13. The second kappa shape index (κ2) is 4.48. The maximum Gasteiger partial charge on any atom is 0.417 e. The van der Waals surface area contributed by atoms with E-state index in [-0.39, 0.29) is 4.47 Å². The number of nitrogens with zero attached hydrogens (tertiary/aromatic N) is 1. The van der Waals surface area contributed by atoms with Gasteiger partial charge in [-0.05, 0) is 12.1 Å². The van der Waals surface area contributed by atoms with E-state index in [1.807, 2.05) is 0 Å². The Morgan fingerprint density at radius 2 is 1.88 bits per heavy atom. The molecule has 1 aromatic carbocycles. The first-order chi connectivity index (χ1) is 7.57. The van der Waals surface area contributed by atoms with Crippen molar-refractivity contribution in [2.45, 2.75) is 11.1 Å². The third-order valence-electron chi connectivity index (χ3n) is 1.75. The Morgan fingerprint density at radius 3 is 2.24 bits per heavy atom. The molecule has 0 unspecified atom stereocenters. The molecule has 0 saturated carbocycles. The van der Waals surface area contributed by atoms with Crippen molar-refractivity contribution >= 4 is 35.7 Å². The summed E-state index contributed by atoms with van der Waals surface area (Å²) in [7, 11) is 0.538. The lowest BCUT2D eigenvalue weighted by Gasteiger charge is -2.11. The highest BCUT2D eigenvalue weighted by atomic mass is 79.9. The molecular weight excluding hydrogens is 347 g/mol. The second-order valence-electron chi connectivity index (χ2n) is 2.87. The molecule has 3 nitrogen and oxygen atoms in total. The van der Waals surface area contributed by atoms with Crippen molar-refractivity contribution in [2.24, 2.45) is 0 Å². The summed E-state index contributed by atoms with van der Waals surface area (Å²) in [6.45, 7) is 0. The molecule has 17 heavy (non-hydrogen) atoms. The first kappa shape index (κ1) is 14.3. The number of hydrogen-bond donors (Lipinski definition) is 0. The van der Waals surface area contributed by atoms with Gasteiger partial charge in [-0.1, -0.05) is 15.9 Å². The van der Waals surface area contributed by atoms with E-state index >= 15 is 0 Å².